The fourth-order valence-corrected chi connectivity index (χ4v) is 3.30. The first kappa shape index (κ1) is 18.6. The molecule has 0 spiro atoms. The first-order valence-electron chi connectivity index (χ1n) is 8.93. The summed E-state index contributed by atoms with van der Waals surface area (Å²) >= 11 is 0. The molecule has 0 N–H and O–H groups in total. The second-order valence-corrected chi connectivity index (χ2v) is 6.92. The minimum absolute atomic E-state index is 0.0312. The van der Waals surface area contributed by atoms with Gasteiger partial charge in [0, 0.05) is 49.6 Å². The van der Waals surface area contributed by atoms with Crippen LogP contribution in [0.25, 0.3) is 10.9 Å². The van der Waals surface area contributed by atoms with Gasteiger partial charge in [-0.2, -0.15) is 5.26 Å². The van der Waals surface area contributed by atoms with Gasteiger partial charge in [0.1, 0.15) is 5.82 Å². The van der Waals surface area contributed by atoms with Crippen LogP contribution in [0.5, 0.6) is 0 Å². The average Bonchev–Trinajstić information content (AvgIpc) is 2.92. The molecular formula is C19H21N5O3. The number of nitrogens with zero attached hydrogens (tertiary/aromatic N) is 5. The Bertz CT molecular complexity index is 935. The second-order valence-electron chi connectivity index (χ2n) is 6.92. The molecule has 1 aliphatic rings. The fraction of sp³-hybridized carbons (Fsp3) is 0.421. The number of hydrogen-bond donors (Lipinski definition) is 0. The van der Waals surface area contributed by atoms with E-state index in [1.54, 1.807) is 12.1 Å². The molecule has 27 heavy (non-hydrogen) atoms. The van der Waals surface area contributed by atoms with Crippen molar-refractivity contribution in [1.29, 1.82) is 5.26 Å². The Kier molecular flexibility index (Phi) is 5.21. The van der Waals surface area contributed by atoms with Crippen molar-refractivity contribution in [1.82, 2.24) is 9.88 Å². The molecule has 8 heteroatoms. The summed E-state index contributed by atoms with van der Waals surface area (Å²) < 4.78 is 0. The van der Waals surface area contributed by atoms with Gasteiger partial charge in [0.15, 0.2) is 0 Å². The molecule has 8 nitrogen and oxygen atoms in total. The van der Waals surface area contributed by atoms with Crippen molar-refractivity contribution in [2.75, 3.05) is 31.1 Å². The molecule has 0 bridgehead atoms. The quantitative estimate of drug-likeness (QED) is 0.610. The van der Waals surface area contributed by atoms with E-state index in [0.717, 1.165) is 13.0 Å². The lowest BCUT2D eigenvalue weighted by atomic mass is 10.1. The van der Waals surface area contributed by atoms with Crippen LogP contribution in [0.2, 0.25) is 0 Å². The van der Waals surface area contributed by atoms with E-state index in [0.29, 0.717) is 41.9 Å². The summed E-state index contributed by atoms with van der Waals surface area (Å²) in [7, 11) is 0. The Labute approximate surface area is 157 Å². The number of rotatable bonds is 3. The number of fused-ring (bicyclic) bond motifs is 1. The van der Waals surface area contributed by atoms with Crippen molar-refractivity contribution in [3.63, 3.8) is 0 Å². The van der Waals surface area contributed by atoms with Crippen LogP contribution < -0.4 is 4.90 Å². The zero-order chi connectivity index (χ0) is 19.6. The van der Waals surface area contributed by atoms with Gasteiger partial charge >= 0.3 is 0 Å². The van der Waals surface area contributed by atoms with Gasteiger partial charge in [-0.05, 0) is 18.6 Å². The van der Waals surface area contributed by atoms with Crippen molar-refractivity contribution in [3.8, 4) is 6.07 Å². The van der Waals surface area contributed by atoms with Crippen LogP contribution in [0.4, 0.5) is 11.5 Å². The van der Waals surface area contributed by atoms with E-state index in [4.69, 9.17) is 0 Å². The number of carbonyl (C=O) groups excluding carboxylic acids is 1. The number of nitriles is 1. The molecule has 1 aliphatic heterocycles. The predicted octanol–water partition coefficient (Wildman–Crippen LogP) is 2.71. The molecule has 1 aromatic heterocycles. The molecular weight excluding hydrogens is 346 g/mol. The third kappa shape index (κ3) is 3.82. The number of aromatic nitrogens is 1. The average molecular weight is 367 g/mol. The number of pyridine rings is 1. The lowest BCUT2D eigenvalue weighted by Crippen LogP contribution is -2.37. The molecule has 0 radical (unpaired) electrons. The summed E-state index contributed by atoms with van der Waals surface area (Å²) in [5.74, 6) is 0.774. The first-order chi connectivity index (χ1) is 12.9. The van der Waals surface area contributed by atoms with E-state index in [2.05, 4.69) is 16.0 Å². The number of benzene rings is 1. The molecule has 3 rings (SSSR count). The highest BCUT2D eigenvalue weighted by Crippen LogP contribution is 2.27. The van der Waals surface area contributed by atoms with Gasteiger partial charge in [0.25, 0.3) is 5.69 Å². The van der Waals surface area contributed by atoms with Crippen LogP contribution in [0.3, 0.4) is 0 Å². The Morgan fingerprint density at radius 1 is 1.26 bits per heavy atom. The zero-order valence-corrected chi connectivity index (χ0v) is 15.4. The van der Waals surface area contributed by atoms with Crippen LogP contribution >= 0.6 is 0 Å². The highest BCUT2D eigenvalue weighted by molar-refractivity contribution is 5.88. The summed E-state index contributed by atoms with van der Waals surface area (Å²) in [5, 5.41) is 21.0. The zero-order valence-electron chi connectivity index (χ0n) is 15.4. The number of carbonyl (C=O) groups is 1. The molecule has 0 aliphatic carbocycles. The molecule has 2 heterocycles. The van der Waals surface area contributed by atoms with E-state index in [1.165, 1.54) is 12.1 Å². The topological polar surface area (TPSA) is 103 Å². The lowest BCUT2D eigenvalue weighted by Gasteiger charge is -2.24. The van der Waals surface area contributed by atoms with Crippen molar-refractivity contribution in [3.05, 3.63) is 39.9 Å². The van der Waals surface area contributed by atoms with Crippen LogP contribution in [0.1, 0.15) is 25.8 Å². The fourth-order valence-electron chi connectivity index (χ4n) is 3.30. The predicted molar refractivity (Wildman–Crippen MR) is 101 cm³/mol. The summed E-state index contributed by atoms with van der Waals surface area (Å²) in [5.41, 5.74) is 0.846. The van der Waals surface area contributed by atoms with Gasteiger partial charge in [-0.1, -0.05) is 13.8 Å². The van der Waals surface area contributed by atoms with E-state index < -0.39 is 4.92 Å². The highest BCUT2D eigenvalue weighted by atomic mass is 16.6. The molecule has 0 unspecified atom stereocenters. The van der Waals surface area contributed by atoms with E-state index in [1.807, 2.05) is 18.7 Å². The van der Waals surface area contributed by atoms with Gasteiger partial charge < -0.3 is 9.80 Å². The molecule has 1 fully saturated rings. The van der Waals surface area contributed by atoms with Crippen LogP contribution in [0, 0.1) is 27.4 Å². The Morgan fingerprint density at radius 2 is 2.04 bits per heavy atom. The first-order valence-corrected chi connectivity index (χ1v) is 8.93. The Hall–Kier alpha value is -3.21. The molecule has 1 amide bonds. The third-order valence-electron chi connectivity index (χ3n) is 4.74. The van der Waals surface area contributed by atoms with E-state index in [9.17, 15) is 20.2 Å². The van der Waals surface area contributed by atoms with E-state index >= 15 is 0 Å². The molecule has 0 saturated carbocycles. The highest BCUT2D eigenvalue weighted by Gasteiger charge is 2.22. The summed E-state index contributed by atoms with van der Waals surface area (Å²) in [6, 6.07) is 8.15. The van der Waals surface area contributed by atoms with Gasteiger partial charge in [0.05, 0.1) is 22.1 Å². The number of anilines is 1. The molecule has 140 valence electrons. The van der Waals surface area contributed by atoms with Gasteiger partial charge in [-0.25, -0.2) is 4.98 Å². The van der Waals surface area contributed by atoms with Crippen LogP contribution in [-0.4, -0.2) is 46.9 Å². The molecule has 1 aromatic carbocycles. The minimum atomic E-state index is -0.483. The van der Waals surface area contributed by atoms with Crippen molar-refractivity contribution in [2.24, 2.45) is 5.92 Å². The van der Waals surface area contributed by atoms with Crippen LogP contribution in [0.15, 0.2) is 24.3 Å². The van der Waals surface area contributed by atoms with E-state index in [-0.39, 0.29) is 17.5 Å². The minimum Gasteiger partial charge on any atom is -0.355 e. The van der Waals surface area contributed by atoms with Crippen molar-refractivity contribution < 1.29 is 9.72 Å². The Morgan fingerprint density at radius 3 is 2.70 bits per heavy atom. The lowest BCUT2D eigenvalue weighted by molar-refractivity contribution is -0.384. The smallest absolute Gasteiger partial charge is 0.270 e. The van der Waals surface area contributed by atoms with Crippen molar-refractivity contribution >= 4 is 28.3 Å². The monoisotopic (exact) mass is 367 g/mol. The number of nitro groups is 1. The largest absolute Gasteiger partial charge is 0.355 e. The number of non-ortho nitro benzene ring substituents is 1. The molecule has 1 saturated heterocycles. The summed E-state index contributed by atoms with van der Waals surface area (Å²) in [4.78, 5) is 31.3. The van der Waals surface area contributed by atoms with Gasteiger partial charge in [-0.3, -0.25) is 14.9 Å². The third-order valence-corrected chi connectivity index (χ3v) is 4.74. The number of amides is 1. The Balaban J connectivity index is 1.91. The SMILES string of the molecule is CC(C)C(=O)N1CCCN(c2cc(C#N)c3cc([N+](=O)[O-])ccc3n2)CC1. The molecule has 2 aromatic rings. The van der Waals surface area contributed by atoms with Crippen LogP contribution in [-0.2, 0) is 4.79 Å². The maximum absolute atomic E-state index is 12.2. The summed E-state index contributed by atoms with van der Waals surface area (Å²) in [6.07, 6.45) is 0.820. The van der Waals surface area contributed by atoms with Gasteiger partial charge in [-0.15, -0.1) is 0 Å². The van der Waals surface area contributed by atoms with Gasteiger partial charge in [0.2, 0.25) is 5.91 Å². The molecule has 0 atom stereocenters. The standard InChI is InChI=1S/C19H21N5O3/c1-13(2)19(25)23-7-3-6-22(8-9-23)18-10-14(12-20)16-11-15(24(26)27)4-5-17(16)21-18/h4-5,10-11,13H,3,6-9H2,1-2H3. The summed E-state index contributed by atoms with van der Waals surface area (Å²) in [6.45, 7) is 6.48. The van der Waals surface area contributed by atoms with Crippen molar-refractivity contribution in [2.45, 2.75) is 20.3 Å². The maximum atomic E-state index is 12.2. The maximum Gasteiger partial charge on any atom is 0.270 e. The number of nitro benzene ring substituents is 1. The second kappa shape index (κ2) is 7.58. The number of hydrogen-bond acceptors (Lipinski definition) is 6. The normalized spacial score (nSPS) is 14.9.